The SMILES string of the molecule is C=CCOC(=O)N1C[C@H](OS(C)(=O)=O)C[C@H]1Cc1csc2cncn12. The Morgan fingerprint density at radius 1 is 1.56 bits per heavy atom. The Labute approximate surface area is 149 Å². The standard InChI is InChI=1S/C15H19N3O5S2/c1-3-4-22-15(19)17-8-13(23-25(2,20)21)6-11(17)5-12-9-24-14-7-16-10-18(12)14/h3,7,9-11,13H,1,4-6,8H2,2H3/t11-,13-/m1/s1. The molecule has 0 aliphatic carbocycles. The molecule has 1 saturated heterocycles. The first kappa shape index (κ1) is 17.9. The minimum atomic E-state index is -3.59. The molecule has 0 spiro atoms. The zero-order valence-electron chi connectivity index (χ0n) is 13.7. The van der Waals surface area contributed by atoms with Gasteiger partial charge in [-0.1, -0.05) is 12.7 Å². The van der Waals surface area contributed by atoms with E-state index < -0.39 is 22.3 Å². The maximum Gasteiger partial charge on any atom is 0.410 e. The molecule has 0 N–H and O–H groups in total. The first-order valence-corrected chi connectivity index (χ1v) is 10.4. The number of aromatic nitrogens is 2. The van der Waals surface area contributed by atoms with Gasteiger partial charge in [0.25, 0.3) is 10.1 Å². The molecule has 1 aliphatic heterocycles. The van der Waals surface area contributed by atoms with Crippen LogP contribution in [-0.2, 0) is 25.5 Å². The number of carbonyl (C=O) groups excluding carboxylic acids is 1. The largest absolute Gasteiger partial charge is 0.445 e. The fraction of sp³-hybridized carbons (Fsp3) is 0.467. The van der Waals surface area contributed by atoms with Crippen LogP contribution in [0.1, 0.15) is 12.1 Å². The van der Waals surface area contributed by atoms with Crippen molar-refractivity contribution in [2.24, 2.45) is 0 Å². The topological polar surface area (TPSA) is 90.2 Å². The summed E-state index contributed by atoms with van der Waals surface area (Å²) in [7, 11) is -3.59. The van der Waals surface area contributed by atoms with E-state index in [1.54, 1.807) is 23.9 Å². The van der Waals surface area contributed by atoms with Gasteiger partial charge < -0.3 is 9.64 Å². The number of imidazole rings is 1. The number of ether oxygens (including phenoxy) is 1. The lowest BCUT2D eigenvalue weighted by molar-refractivity contribution is 0.104. The van der Waals surface area contributed by atoms with Crippen LogP contribution in [0.2, 0.25) is 0 Å². The quantitative estimate of drug-likeness (QED) is 0.555. The zero-order valence-corrected chi connectivity index (χ0v) is 15.3. The average Bonchev–Trinajstić information content (AvgIpc) is 3.21. The summed E-state index contributed by atoms with van der Waals surface area (Å²) < 4.78 is 35.0. The van der Waals surface area contributed by atoms with Crippen LogP contribution in [0.5, 0.6) is 0 Å². The lowest BCUT2D eigenvalue weighted by atomic mass is 10.1. The molecule has 0 aromatic carbocycles. The van der Waals surface area contributed by atoms with E-state index in [0.29, 0.717) is 12.8 Å². The van der Waals surface area contributed by atoms with Crippen molar-refractivity contribution in [3.8, 4) is 0 Å². The van der Waals surface area contributed by atoms with Crippen molar-refractivity contribution < 1.29 is 22.1 Å². The number of carbonyl (C=O) groups is 1. The molecule has 0 radical (unpaired) electrons. The summed E-state index contributed by atoms with van der Waals surface area (Å²) in [4.78, 5) is 18.9. The van der Waals surface area contributed by atoms with Crippen molar-refractivity contribution in [3.63, 3.8) is 0 Å². The Kier molecular flexibility index (Phi) is 5.11. The van der Waals surface area contributed by atoms with Gasteiger partial charge >= 0.3 is 6.09 Å². The normalized spacial score (nSPS) is 20.9. The maximum atomic E-state index is 12.3. The summed E-state index contributed by atoms with van der Waals surface area (Å²) >= 11 is 1.56. The second kappa shape index (κ2) is 7.14. The van der Waals surface area contributed by atoms with Crippen LogP contribution < -0.4 is 0 Å². The van der Waals surface area contributed by atoms with Crippen LogP contribution in [0.3, 0.4) is 0 Å². The maximum absolute atomic E-state index is 12.3. The third-order valence-corrected chi connectivity index (χ3v) is 5.48. The van der Waals surface area contributed by atoms with E-state index in [1.165, 1.54) is 11.0 Å². The highest BCUT2D eigenvalue weighted by atomic mass is 32.2. The van der Waals surface area contributed by atoms with Crippen LogP contribution >= 0.6 is 11.3 Å². The molecule has 1 amide bonds. The Balaban J connectivity index is 1.78. The van der Waals surface area contributed by atoms with Crippen LogP contribution in [0.4, 0.5) is 4.79 Å². The zero-order chi connectivity index (χ0) is 18.0. The Hall–Kier alpha value is -1.91. The van der Waals surface area contributed by atoms with Gasteiger partial charge in [-0.2, -0.15) is 8.42 Å². The predicted octanol–water partition coefficient (Wildman–Crippen LogP) is 1.68. The Morgan fingerprint density at radius 3 is 3.08 bits per heavy atom. The third kappa shape index (κ3) is 4.20. The van der Waals surface area contributed by atoms with Gasteiger partial charge in [0, 0.05) is 23.5 Å². The van der Waals surface area contributed by atoms with Crippen LogP contribution in [0.25, 0.3) is 4.83 Å². The van der Waals surface area contributed by atoms with E-state index in [-0.39, 0.29) is 19.2 Å². The van der Waals surface area contributed by atoms with E-state index in [4.69, 9.17) is 8.92 Å². The Morgan fingerprint density at radius 2 is 2.36 bits per heavy atom. The van der Waals surface area contributed by atoms with E-state index in [9.17, 15) is 13.2 Å². The molecule has 1 aliphatic rings. The second-order valence-electron chi connectivity index (χ2n) is 5.86. The van der Waals surface area contributed by atoms with E-state index in [0.717, 1.165) is 16.8 Å². The van der Waals surface area contributed by atoms with Crippen molar-refractivity contribution in [1.29, 1.82) is 0 Å². The number of hydrogen-bond donors (Lipinski definition) is 0. The van der Waals surface area contributed by atoms with Crippen LogP contribution in [0, 0.1) is 0 Å². The second-order valence-corrected chi connectivity index (χ2v) is 8.35. The van der Waals surface area contributed by atoms with Gasteiger partial charge in [0.15, 0.2) is 0 Å². The molecule has 0 saturated carbocycles. The van der Waals surface area contributed by atoms with Gasteiger partial charge in [0.2, 0.25) is 0 Å². The van der Waals surface area contributed by atoms with Gasteiger partial charge in [-0.25, -0.2) is 9.78 Å². The van der Waals surface area contributed by atoms with Gasteiger partial charge in [-0.3, -0.25) is 8.58 Å². The molecule has 3 rings (SSSR count). The number of thiazole rings is 1. The molecular weight excluding hydrogens is 366 g/mol. The average molecular weight is 385 g/mol. The van der Waals surface area contributed by atoms with Crippen molar-refractivity contribution >= 4 is 32.4 Å². The highest BCUT2D eigenvalue weighted by molar-refractivity contribution is 7.86. The number of likely N-dealkylation sites (tertiary alicyclic amines) is 1. The lowest BCUT2D eigenvalue weighted by Gasteiger charge is -2.23. The van der Waals surface area contributed by atoms with E-state index in [2.05, 4.69) is 11.6 Å². The van der Waals surface area contributed by atoms with Crippen molar-refractivity contribution in [1.82, 2.24) is 14.3 Å². The van der Waals surface area contributed by atoms with Crippen LogP contribution in [0.15, 0.2) is 30.6 Å². The summed E-state index contributed by atoms with van der Waals surface area (Å²) in [5, 5.41) is 2.01. The van der Waals surface area contributed by atoms with Gasteiger partial charge in [-0.05, 0) is 6.42 Å². The van der Waals surface area contributed by atoms with Gasteiger partial charge in [0.1, 0.15) is 17.8 Å². The smallest absolute Gasteiger partial charge is 0.410 e. The molecule has 2 atom stereocenters. The molecule has 8 nitrogen and oxygen atoms in total. The number of amides is 1. The van der Waals surface area contributed by atoms with Gasteiger partial charge in [-0.15, -0.1) is 11.3 Å². The van der Waals surface area contributed by atoms with Crippen LogP contribution in [-0.4, -0.2) is 60.3 Å². The van der Waals surface area contributed by atoms with Crippen molar-refractivity contribution in [2.75, 3.05) is 19.4 Å². The fourth-order valence-electron chi connectivity index (χ4n) is 2.98. The summed E-state index contributed by atoms with van der Waals surface area (Å²) in [6.07, 6.45) is 5.89. The molecule has 3 heterocycles. The first-order valence-electron chi connectivity index (χ1n) is 7.68. The van der Waals surface area contributed by atoms with E-state index >= 15 is 0 Å². The number of rotatable bonds is 6. The third-order valence-electron chi connectivity index (χ3n) is 3.92. The molecule has 2 aromatic heterocycles. The highest BCUT2D eigenvalue weighted by Crippen LogP contribution is 2.27. The summed E-state index contributed by atoms with van der Waals surface area (Å²) in [5.41, 5.74) is 1.00. The Bertz CT molecular complexity index is 873. The van der Waals surface area contributed by atoms with Crippen molar-refractivity contribution in [3.05, 3.63) is 36.3 Å². The molecule has 0 unspecified atom stereocenters. The minimum absolute atomic E-state index is 0.101. The fourth-order valence-corrected chi connectivity index (χ4v) is 4.48. The monoisotopic (exact) mass is 385 g/mol. The highest BCUT2D eigenvalue weighted by Gasteiger charge is 2.38. The minimum Gasteiger partial charge on any atom is -0.445 e. The molecule has 10 heteroatoms. The molecular formula is C15H19N3O5S2. The summed E-state index contributed by atoms with van der Waals surface area (Å²) in [6, 6.07) is -0.218. The molecule has 25 heavy (non-hydrogen) atoms. The molecule has 136 valence electrons. The summed E-state index contributed by atoms with van der Waals surface area (Å²) in [6.45, 7) is 3.79. The van der Waals surface area contributed by atoms with Gasteiger partial charge in [0.05, 0.1) is 25.1 Å². The number of nitrogens with zero attached hydrogens (tertiary/aromatic N) is 3. The summed E-state index contributed by atoms with van der Waals surface area (Å²) in [5.74, 6) is 0. The molecule has 0 bridgehead atoms. The molecule has 2 aromatic rings. The van der Waals surface area contributed by atoms with Crippen molar-refractivity contribution in [2.45, 2.75) is 25.0 Å². The van der Waals surface area contributed by atoms with E-state index in [1.807, 2.05) is 9.78 Å². The lowest BCUT2D eigenvalue weighted by Crippen LogP contribution is -2.38. The number of fused-ring (bicyclic) bond motifs is 1. The predicted molar refractivity (Wildman–Crippen MR) is 93.1 cm³/mol. The molecule has 1 fully saturated rings. The number of hydrogen-bond acceptors (Lipinski definition) is 7. The first-order chi connectivity index (χ1) is 11.9.